The van der Waals surface area contributed by atoms with E-state index in [2.05, 4.69) is 16.8 Å². The number of ketones is 1. The zero-order chi connectivity index (χ0) is 21.8. The van der Waals surface area contributed by atoms with Crippen molar-refractivity contribution >= 4 is 17.4 Å². The van der Waals surface area contributed by atoms with Gasteiger partial charge in [-0.05, 0) is 61.6 Å². The minimum absolute atomic E-state index is 0.0448. The first kappa shape index (κ1) is 22.5. The van der Waals surface area contributed by atoms with Gasteiger partial charge in [-0.3, -0.25) is 4.79 Å². The minimum Gasteiger partial charge on any atom is -0.485 e. The van der Waals surface area contributed by atoms with Crippen molar-refractivity contribution < 1.29 is 14.6 Å². The molecule has 1 aromatic carbocycles. The van der Waals surface area contributed by atoms with Crippen LogP contribution in [0.3, 0.4) is 0 Å². The summed E-state index contributed by atoms with van der Waals surface area (Å²) in [4.78, 5) is 17.4. The summed E-state index contributed by atoms with van der Waals surface area (Å²) in [5.74, 6) is 0.135. The van der Waals surface area contributed by atoms with Gasteiger partial charge in [-0.15, -0.1) is 0 Å². The minimum atomic E-state index is -0.633. The molecule has 0 bridgehead atoms. The van der Waals surface area contributed by atoms with Crippen molar-refractivity contribution in [2.75, 3.05) is 39.8 Å². The van der Waals surface area contributed by atoms with E-state index in [4.69, 9.17) is 16.3 Å². The first-order chi connectivity index (χ1) is 15.0. The third-order valence-electron chi connectivity index (χ3n) is 6.88. The Kier molecular flexibility index (Phi) is 7.49. The second kappa shape index (κ2) is 10.3. The van der Waals surface area contributed by atoms with Crippen molar-refractivity contribution in [3.8, 4) is 0 Å². The molecule has 1 saturated carbocycles. The van der Waals surface area contributed by atoms with Crippen molar-refractivity contribution in [3.63, 3.8) is 0 Å². The van der Waals surface area contributed by atoms with Crippen molar-refractivity contribution in [1.29, 1.82) is 0 Å². The van der Waals surface area contributed by atoms with E-state index in [9.17, 15) is 9.90 Å². The van der Waals surface area contributed by atoms with Crippen LogP contribution < -0.4 is 0 Å². The molecule has 3 aliphatic rings. The summed E-state index contributed by atoms with van der Waals surface area (Å²) >= 11 is 6.21. The van der Waals surface area contributed by atoms with E-state index in [-0.39, 0.29) is 11.7 Å². The van der Waals surface area contributed by atoms with Gasteiger partial charge in [-0.1, -0.05) is 30.2 Å². The van der Waals surface area contributed by atoms with Crippen LogP contribution in [0.4, 0.5) is 0 Å². The highest BCUT2D eigenvalue weighted by Gasteiger charge is 2.35. The summed E-state index contributed by atoms with van der Waals surface area (Å²) in [5, 5.41) is 12.2. The molecule has 2 fully saturated rings. The fourth-order valence-corrected chi connectivity index (χ4v) is 5.26. The number of rotatable bonds is 5. The van der Waals surface area contributed by atoms with Crippen LogP contribution in [0.25, 0.3) is 0 Å². The summed E-state index contributed by atoms with van der Waals surface area (Å²) in [7, 11) is 2.16. The quantitative estimate of drug-likeness (QED) is 0.556. The topological polar surface area (TPSA) is 53.0 Å². The zero-order valence-corrected chi connectivity index (χ0v) is 19.1. The van der Waals surface area contributed by atoms with Crippen LogP contribution in [-0.4, -0.2) is 72.7 Å². The van der Waals surface area contributed by atoms with Crippen LogP contribution in [0.5, 0.6) is 0 Å². The molecule has 1 saturated heterocycles. The number of aliphatic hydroxyl groups excluding tert-OH is 1. The van der Waals surface area contributed by atoms with Crippen LogP contribution in [-0.2, 0) is 16.0 Å². The first-order valence-corrected chi connectivity index (χ1v) is 11.8. The summed E-state index contributed by atoms with van der Waals surface area (Å²) < 4.78 is 5.72. The number of carbonyl (C=O) groups excluding carboxylic acids is 1. The van der Waals surface area contributed by atoms with Gasteiger partial charge >= 0.3 is 0 Å². The van der Waals surface area contributed by atoms with Crippen molar-refractivity contribution in [2.24, 2.45) is 5.92 Å². The van der Waals surface area contributed by atoms with E-state index in [1.807, 2.05) is 24.3 Å². The number of benzene rings is 1. The van der Waals surface area contributed by atoms with Crippen molar-refractivity contribution in [2.45, 2.75) is 44.3 Å². The van der Waals surface area contributed by atoms with E-state index in [0.29, 0.717) is 11.4 Å². The Morgan fingerprint density at radius 1 is 1.23 bits per heavy atom. The predicted octanol–water partition coefficient (Wildman–Crippen LogP) is 3.46. The number of piperazine rings is 1. The van der Waals surface area contributed by atoms with Crippen LogP contribution in [0.2, 0.25) is 5.02 Å². The maximum absolute atomic E-state index is 12.6. The Morgan fingerprint density at radius 2 is 2.03 bits per heavy atom. The van der Waals surface area contributed by atoms with Crippen LogP contribution in [0, 0.1) is 5.92 Å². The van der Waals surface area contributed by atoms with E-state index in [1.165, 1.54) is 12.3 Å². The van der Waals surface area contributed by atoms with Crippen LogP contribution in [0.1, 0.15) is 31.2 Å². The van der Waals surface area contributed by atoms with Gasteiger partial charge in [0.05, 0.1) is 12.4 Å². The molecule has 0 amide bonds. The molecule has 0 spiro atoms. The smallest absolute Gasteiger partial charge is 0.203 e. The lowest BCUT2D eigenvalue weighted by Crippen LogP contribution is -2.47. The molecule has 0 radical (unpaired) electrons. The molecule has 2 aliphatic heterocycles. The number of hydrogen-bond donors (Lipinski definition) is 1. The molecule has 6 heteroatoms. The lowest BCUT2D eigenvalue weighted by atomic mass is 9.85. The fraction of sp³-hybridized carbons (Fsp3) is 0.560. The molecule has 1 aliphatic carbocycles. The second-order valence-electron chi connectivity index (χ2n) is 9.13. The molecule has 168 valence electrons. The standard InChI is InChI=1S/C25H33ClN2O3/c1-27-10-12-28(13-11-27)17-19-6-2-3-8-21(24(19)30)22(25-23(29)9-14-31-25)16-18-5-4-7-20(26)15-18/h4-5,7,9,14-15,19,24-25,30H,2-3,6,8,10-13,16-17H2,1H3. The highest BCUT2D eigenvalue weighted by molar-refractivity contribution is 6.30. The number of nitrogens with zero attached hydrogens (tertiary/aromatic N) is 2. The number of halogens is 1. The summed E-state index contributed by atoms with van der Waals surface area (Å²) in [6, 6.07) is 7.72. The Labute approximate surface area is 190 Å². The molecule has 0 aromatic heterocycles. The molecule has 3 unspecified atom stereocenters. The van der Waals surface area contributed by atoms with Crippen LogP contribution in [0.15, 0.2) is 47.7 Å². The summed E-state index contributed by atoms with van der Waals surface area (Å²) in [6.07, 6.45) is 6.30. The van der Waals surface area contributed by atoms with Gasteiger partial charge in [-0.25, -0.2) is 0 Å². The predicted molar refractivity (Wildman–Crippen MR) is 123 cm³/mol. The van der Waals surface area contributed by atoms with Gasteiger partial charge < -0.3 is 19.6 Å². The molecule has 1 N–H and O–H groups in total. The van der Waals surface area contributed by atoms with Gasteiger partial charge in [0.1, 0.15) is 0 Å². The third kappa shape index (κ3) is 5.58. The van der Waals surface area contributed by atoms with Crippen LogP contribution >= 0.6 is 11.6 Å². The highest BCUT2D eigenvalue weighted by Crippen LogP contribution is 2.35. The Bertz CT molecular complexity index is 845. The normalized spacial score (nSPS) is 29.6. The first-order valence-electron chi connectivity index (χ1n) is 11.4. The van der Waals surface area contributed by atoms with Gasteiger partial charge in [0.15, 0.2) is 6.10 Å². The van der Waals surface area contributed by atoms with Crippen molar-refractivity contribution in [3.05, 3.63) is 58.3 Å². The SMILES string of the molecule is CN1CCN(CC2CCCCC(=C(Cc3cccc(Cl)c3)C3OC=CC3=O)C2O)CC1. The van der Waals surface area contributed by atoms with Gasteiger partial charge in [0.25, 0.3) is 0 Å². The lowest BCUT2D eigenvalue weighted by Gasteiger charge is -2.36. The van der Waals surface area contributed by atoms with Crippen molar-refractivity contribution in [1.82, 2.24) is 9.80 Å². The molecule has 2 heterocycles. The fourth-order valence-electron chi connectivity index (χ4n) is 5.05. The van der Waals surface area contributed by atoms with E-state index < -0.39 is 12.2 Å². The monoisotopic (exact) mass is 444 g/mol. The molecular formula is C25H33ClN2O3. The maximum atomic E-state index is 12.6. The molecular weight excluding hydrogens is 412 g/mol. The summed E-state index contributed by atoms with van der Waals surface area (Å²) in [6.45, 7) is 5.13. The third-order valence-corrected chi connectivity index (χ3v) is 7.12. The average molecular weight is 445 g/mol. The van der Waals surface area contributed by atoms with Gasteiger partial charge in [0.2, 0.25) is 5.78 Å². The van der Waals surface area contributed by atoms with E-state index in [0.717, 1.165) is 75.1 Å². The molecule has 1 aromatic rings. The summed E-state index contributed by atoms with van der Waals surface area (Å²) in [5.41, 5.74) is 2.94. The average Bonchev–Trinajstić information content (AvgIpc) is 3.10. The second-order valence-corrected chi connectivity index (χ2v) is 9.57. The Hall–Kier alpha value is -1.66. The highest BCUT2D eigenvalue weighted by atomic mass is 35.5. The molecule has 5 nitrogen and oxygen atoms in total. The number of carbonyl (C=O) groups is 1. The maximum Gasteiger partial charge on any atom is 0.203 e. The van der Waals surface area contributed by atoms with E-state index >= 15 is 0 Å². The molecule has 31 heavy (non-hydrogen) atoms. The Balaban J connectivity index is 1.61. The number of aliphatic hydroxyl groups is 1. The molecule has 4 rings (SSSR count). The van der Waals surface area contributed by atoms with E-state index in [1.54, 1.807) is 0 Å². The lowest BCUT2D eigenvalue weighted by molar-refractivity contribution is -0.118. The Morgan fingerprint density at radius 3 is 2.74 bits per heavy atom. The number of hydrogen-bond acceptors (Lipinski definition) is 5. The zero-order valence-electron chi connectivity index (χ0n) is 18.3. The largest absolute Gasteiger partial charge is 0.485 e. The number of likely N-dealkylation sites (N-methyl/N-ethyl adjacent to an activating group) is 1. The van der Waals surface area contributed by atoms with Gasteiger partial charge in [-0.2, -0.15) is 0 Å². The van der Waals surface area contributed by atoms with Gasteiger partial charge in [0, 0.05) is 49.7 Å². The molecule has 3 atom stereocenters. The number of ether oxygens (including phenoxy) is 1.